The maximum Gasteiger partial charge on any atom is 0.222 e. The normalized spacial score (nSPS) is 26.7. The van der Waals surface area contributed by atoms with Gasteiger partial charge in [0.1, 0.15) is 6.10 Å². The maximum absolute atomic E-state index is 11.9. The van der Waals surface area contributed by atoms with Crippen LogP contribution in [0.4, 0.5) is 0 Å². The van der Waals surface area contributed by atoms with Crippen molar-refractivity contribution in [3.05, 3.63) is 0 Å². The van der Waals surface area contributed by atoms with E-state index in [0.717, 1.165) is 45.2 Å². The van der Waals surface area contributed by atoms with Gasteiger partial charge < -0.3 is 24.6 Å². The Morgan fingerprint density at radius 3 is 2.30 bits per heavy atom. The van der Waals surface area contributed by atoms with Gasteiger partial charge in [-0.2, -0.15) is 0 Å². The molecule has 0 aromatic rings. The molecule has 0 radical (unpaired) electrons. The molecule has 1 amide bonds. The van der Waals surface area contributed by atoms with Gasteiger partial charge in [-0.05, 0) is 40.5 Å². The summed E-state index contributed by atoms with van der Waals surface area (Å²) >= 11 is 0. The van der Waals surface area contributed by atoms with Crippen molar-refractivity contribution in [3.8, 4) is 0 Å². The molecule has 0 saturated carbocycles. The Hall–Kier alpha value is -0.690. The molecule has 1 fully saturated rings. The quantitative estimate of drug-likeness (QED) is 0.474. The van der Waals surface area contributed by atoms with E-state index < -0.39 is 18.5 Å². The number of aliphatic hydroxyl groups is 2. The smallest absolute Gasteiger partial charge is 0.222 e. The van der Waals surface area contributed by atoms with Crippen LogP contribution in [0.2, 0.25) is 0 Å². The van der Waals surface area contributed by atoms with Gasteiger partial charge in [0.25, 0.3) is 0 Å². The zero-order valence-corrected chi connectivity index (χ0v) is 17.7. The highest BCUT2D eigenvalue weighted by Gasteiger charge is 2.35. The van der Waals surface area contributed by atoms with Crippen molar-refractivity contribution >= 4 is 5.91 Å². The first-order valence-electron chi connectivity index (χ1n) is 10.8. The highest BCUT2D eigenvalue weighted by molar-refractivity contribution is 5.75. The number of hydrogen-bond donors (Lipinski definition) is 2. The van der Waals surface area contributed by atoms with Crippen LogP contribution in [0.15, 0.2) is 0 Å². The molecule has 1 saturated heterocycles. The van der Waals surface area contributed by atoms with Gasteiger partial charge in [-0.15, -0.1) is 0 Å². The Balaban J connectivity index is 2.02. The molecular weight excluding hydrogens is 346 g/mol. The van der Waals surface area contributed by atoms with Crippen molar-refractivity contribution in [3.63, 3.8) is 0 Å². The minimum atomic E-state index is -0.766. The first kappa shape index (κ1) is 24.3. The summed E-state index contributed by atoms with van der Waals surface area (Å²) in [5.74, 6) is 0.278. The van der Waals surface area contributed by atoms with Crippen LogP contribution >= 0.6 is 0 Å². The summed E-state index contributed by atoms with van der Waals surface area (Å²) in [6, 6.07) is 0. The van der Waals surface area contributed by atoms with Gasteiger partial charge in [0.15, 0.2) is 6.29 Å². The molecule has 1 aliphatic rings. The van der Waals surface area contributed by atoms with E-state index >= 15 is 0 Å². The van der Waals surface area contributed by atoms with Crippen LogP contribution in [0.25, 0.3) is 0 Å². The Morgan fingerprint density at radius 1 is 1.07 bits per heavy atom. The van der Waals surface area contributed by atoms with Crippen LogP contribution in [0.3, 0.4) is 0 Å². The van der Waals surface area contributed by atoms with E-state index in [-0.39, 0.29) is 18.1 Å². The standard InChI is InChI=1S/C21H41NO5/c1-5-22(6-2)20(25)14-12-10-8-7-9-11-13-16(3)26-21-19(24)15-18(23)17(4)27-21/h16-19,21,23-24H,5-15H2,1-4H3/t16-,17+,18-,19-,21-/m1/s1. The number of ether oxygens (including phenoxy) is 2. The molecule has 0 spiro atoms. The second-order valence-corrected chi connectivity index (χ2v) is 7.75. The van der Waals surface area contributed by atoms with Crippen molar-refractivity contribution < 1.29 is 24.5 Å². The van der Waals surface area contributed by atoms with Crippen LogP contribution in [0.5, 0.6) is 0 Å². The van der Waals surface area contributed by atoms with Crippen molar-refractivity contribution in [2.24, 2.45) is 0 Å². The van der Waals surface area contributed by atoms with Gasteiger partial charge in [-0.3, -0.25) is 4.79 Å². The average molecular weight is 388 g/mol. The van der Waals surface area contributed by atoms with Crippen LogP contribution < -0.4 is 0 Å². The lowest BCUT2D eigenvalue weighted by Crippen LogP contribution is -2.48. The van der Waals surface area contributed by atoms with Gasteiger partial charge in [0, 0.05) is 25.9 Å². The fourth-order valence-corrected chi connectivity index (χ4v) is 3.51. The number of carbonyl (C=O) groups excluding carboxylic acids is 1. The molecule has 1 heterocycles. The number of aliphatic hydroxyl groups excluding tert-OH is 2. The number of hydrogen-bond acceptors (Lipinski definition) is 5. The molecule has 160 valence electrons. The number of rotatable bonds is 13. The zero-order chi connectivity index (χ0) is 20.2. The van der Waals surface area contributed by atoms with Crippen LogP contribution in [0, 0.1) is 0 Å². The molecule has 1 rings (SSSR count). The van der Waals surface area contributed by atoms with E-state index in [1.54, 1.807) is 6.92 Å². The third kappa shape index (κ3) is 9.37. The number of nitrogens with zero attached hydrogens (tertiary/aromatic N) is 1. The average Bonchev–Trinajstić information content (AvgIpc) is 2.63. The molecule has 0 unspecified atom stereocenters. The van der Waals surface area contributed by atoms with Gasteiger partial charge in [-0.25, -0.2) is 0 Å². The maximum atomic E-state index is 11.9. The third-order valence-corrected chi connectivity index (χ3v) is 5.42. The van der Waals surface area contributed by atoms with Crippen molar-refractivity contribution in [2.75, 3.05) is 13.1 Å². The van der Waals surface area contributed by atoms with E-state index in [4.69, 9.17) is 9.47 Å². The number of carbonyl (C=O) groups is 1. The topological polar surface area (TPSA) is 79.2 Å². The Labute approximate surface area is 165 Å². The Kier molecular flexibility index (Phi) is 12.2. The zero-order valence-electron chi connectivity index (χ0n) is 17.7. The molecule has 27 heavy (non-hydrogen) atoms. The molecule has 0 bridgehead atoms. The summed E-state index contributed by atoms with van der Waals surface area (Å²) in [5.41, 5.74) is 0. The minimum Gasteiger partial charge on any atom is -0.390 e. The lowest BCUT2D eigenvalue weighted by atomic mass is 10.0. The van der Waals surface area contributed by atoms with Crippen molar-refractivity contribution in [1.82, 2.24) is 4.90 Å². The fourth-order valence-electron chi connectivity index (χ4n) is 3.51. The monoisotopic (exact) mass is 387 g/mol. The summed E-state index contributed by atoms with van der Waals surface area (Å²) < 4.78 is 11.4. The highest BCUT2D eigenvalue weighted by Crippen LogP contribution is 2.23. The molecule has 6 heteroatoms. The van der Waals surface area contributed by atoms with E-state index in [1.165, 1.54) is 12.8 Å². The molecule has 0 aromatic carbocycles. The molecule has 5 atom stereocenters. The van der Waals surface area contributed by atoms with E-state index in [9.17, 15) is 15.0 Å². The SMILES string of the molecule is CCN(CC)C(=O)CCCCCCCC[C@@H](C)O[C@@H]1O[C@@H](C)[C@H](O)C[C@H]1O. The van der Waals surface area contributed by atoms with Gasteiger partial charge in [-0.1, -0.05) is 32.1 Å². The van der Waals surface area contributed by atoms with Crippen molar-refractivity contribution in [2.45, 2.75) is 116 Å². The first-order chi connectivity index (χ1) is 12.9. The summed E-state index contributed by atoms with van der Waals surface area (Å²) in [5, 5.41) is 19.6. The second kappa shape index (κ2) is 13.5. The number of amides is 1. The van der Waals surface area contributed by atoms with E-state index in [0.29, 0.717) is 12.8 Å². The molecule has 2 N–H and O–H groups in total. The van der Waals surface area contributed by atoms with Gasteiger partial charge >= 0.3 is 0 Å². The fraction of sp³-hybridized carbons (Fsp3) is 0.952. The third-order valence-electron chi connectivity index (χ3n) is 5.42. The lowest BCUT2D eigenvalue weighted by molar-refractivity contribution is -0.273. The van der Waals surface area contributed by atoms with Gasteiger partial charge in [0.2, 0.25) is 5.91 Å². The van der Waals surface area contributed by atoms with E-state index in [1.807, 2.05) is 25.7 Å². The van der Waals surface area contributed by atoms with Crippen LogP contribution in [0.1, 0.15) is 85.5 Å². The van der Waals surface area contributed by atoms with Crippen LogP contribution in [-0.2, 0) is 14.3 Å². The van der Waals surface area contributed by atoms with Gasteiger partial charge in [0.05, 0.1) is 18.3 Å². The highest BCUT2D eigenvalue weighted by atomic mass is 16.7. The Morgan fingerprint density at radius 2 is 1.67 bits per heavy atom. The molecule has 0 aromatic heterocycles. The summed E-state index contributed by atoms with van der Waals surface area (Å²) in [6.45, 7) is 9.46. The summed E-state index contributed by atoms with van der Waals surface area (Å²) in [4.78, 5) is 13.8. The predicted octanol–water partition coefficient (Wildman–Crippen LogP) is 3.24. The predicted molar refractivity (Wildman–Crippen MR) is 106 cm³/mol. The van der Waals surface area contributed by atoms with E-state index in [2.05, 4.69) is 0 Å². The Bertz CT molecular complexity index is 402. The second-order valence-electron chi connectivity index (χ2n) is 7.75. The van der Waals surface area contributed by atoms with Crippen LogP contribution in [-0.4, -0.2) is 64.8 Å². The number of unbranched alkanes of at least 4 members (excludes halogenated alkanes) is 5. The van der Waals surface area contributed by atoms with Crippen molar-refractivity contribution in [1.29, 1.82) is 0 Å². The lowest BCUT2D eigenvalue weighted by Gasteiger charge is -2.36. The first-order valence-corrected chi connectivity index (χ1v) is 10.8. The molecular formula is C21H41NO5. The summed E-state index contributed by atoms with van der Waals surface area (Å²) in [6.07, 6.45) is 6.27. The minimum absolute atomic E-state index is 0.0267. The molecule has 0 aliphatic carbocycles. The summed E-state index contributed by atoms with van der Waals surface area (Å²) in [7, 11) is 0. The molecule has 1 aliphatic heterocycles. The molecule has 6 nitrogen and oxygen atoms in total. The largest absolute Gasteiger partial charge is 0.390 e.